The summed E-state index contributed by atoms with van der Waals surface area (Å²) < 4.78 is 12.1. The minimum atomic E-state index is -1.99. The monoisotopic (exact) mass is 358 g/mol. The van der Waals surface area contributed by atoms with Crippen molar-refractivity contribution >= 4 is 19.5 Å². The fraction of sp³-hybridized carbons (Fsp3) is 0.667. The first-order valence-corrected chi connectivity index (χ1v) is 12.8. The molecule has 0 N–H and O–H groups in total. The van der Waals surface area contributed by atoms with Crippen molar-refractivity contribution in [2.24, 2.45) is 17.8 Å². The first kappa shape index (κ1) is 17.3. The van der Waals surface area contributed by atoms with Gasteiger partial charge in [0.1, 0.15) is 0 Å². The molecule has 0 aliphatic heterocycles. The third kappa shape index (κ3) is 3.31. The lowest BCUT2D eigenvalue weighted by atomic mass is 9.54. The minimum Gasteiger partial charge on any atom is -0.462 e. The molecule has 0 amide bonds. The van der Waals surface area contributed by atoms with Crippen LogP contribution in [0.3, 0.4) is 0 Å². The topological polar surface area (TPSA) is 35.5 Å². The number of carbonyl (C=O) groups is 1. The van der Waals surface area contributed by atoms with Crippen LogP contribution in [0, 0.1) is 17.8 Å². The Morgan fingerprint density at radius 2 is 1.56 bits per heavy atom. The summed E-state index contributed by atoms with van der Waals surface area (Å²) in [5.41, 5.74) is 0.773. The summed E-state index contributed by atoms with van der Waals surface area (Å²) in [6, 6.07) is 7.95. The number of rotatable bonds is 5. The van der Waals surface area contributed by atoms with E-state index in [2.05, 4.69) is 25.2 Å². The van der Waals surface area contributed by atoms with E-state index in [0.29, 0.717) is 12.2 Å². The first-order valence-electron chi connectivity index (χ1n) is 9.87. The quantitative estimate of drug-likeness (QED) is 0.583. The van der Waals surface area contributed by atoms with Gasteiger partial charge in [0.15, 0.2) is 0 Å². The van der Waals surface area contributed by atoms with Crippen molar-refractivity contribution in [2.45, 2.75) is 64.1 Å². The molecule has 0 atom stereocenters. The molecule has 4 heteroatoms. The van der Waals surface area contributed by atoms with Crippen LogP contribution in [-0.4, -0.2) is 26.5 Å². The molecule has 4 aliphatic carbocycles. The van der Waals surface area contributed by atoms with Gasteiger partial charge in [-0.15, -0.1) is 0 Å². The van der Waals surface area contributed by atoms with Crippen LogP contribution in [0.25, 0.3) is 0 Å². The summed E-state index contributed by atoms with van der Waals surface area (Å²) in [5.74, 6) is 2.47. The van der Waals surface area contributed by atoms with Crippen molar-refractivity contribution in [1.29, 1.82) is 0 Å². The Balaban J connectivity index is 1.51. The lowest BCUT2D eigenvalue weighted by Crippen LogP contribution is -2.59. The van der Waals surface area contributed by atoms with Gasteiger partial charge in [0.05, 0.1) is 17.8 Å². The molecule has 1 aromatic carbocycles. The van der Waals surface area contributed by atoms with Gasteiger partial charge in [-0.05, 0) is 93.6 Å². The highest BCUT2D eigenvalue weighted by Crippen LogP contribution is 2.57. The molecule has 4 aliphatic rings. The predicted octanol–water partition coefficient (Wildman–Crippen LogP) is 4.26. The van der Waals surface area contributed by atoms with Crippen LogP contribution in [0.5, 0.6) is 0 Å². The molecule has 4 saturated carbocycles. The average molecular weight is 359 g/mol. The number of hydrogen-bond acceptors (Lipinski definition) is 3. The maximum Gasteiger partial charge on any atom is 0.338 e. The average Bonchev–Trinajstić information content (AvgIpc) is 2.53. The van der Waals surface area contributed by atoms with Crippen molar-refractivity contribution in [1.82, 2.24) is 0 Å². The molecule has 0 saturated heterocycles. The smallest absolute Gasteiger partial charge is 0.338 e. The van der Waals surface area contributed by atoms with E-state index in [-0.39, 0.29) is 11.6 Å². The molecule has 0 radical (unpaired) electrons. The van der Waals surface area contributed by atoms with Gasteiger partial charge in [-0.3, -0.25) is 0 Å². The summed E-state index contributed by atoms with van der Waals surface area (Å²) in [6.45, 7) is 6.87. The molecule has 0 spiro atoms. The van der Waals surface area contributed by atoms with Gasteiger partial charge < -0.3 is 9.16 Å². The Hall–Kier alpha value is -1.13. The number of ether oxygens (including phenoxy) is 1. The molecule has 1 aromatic rings. The number of benzene rings is 1. The molecule has 4 bridgehead atoms. The Morgan fingerprint density at radius 1 is 1.04 bits per heavy atom. The lowest BCUT2D eigenvalue weighted by Gasteiger charge is -2.58. The Bertz CT molecular complexity index is 614. The largest absolute Gasteiger partial charge is 0.462 e. The molecule has 25 heavy (non-hydrogen) atoms. The predicted molar refractivity (Wildman–Crippen MR) is 102 cm³/mol. The molecule has 0 heterocycles. The van der Waals surface area contributed by atoms with Crippen molar-refractivity contribution in [3.8, 4) is 0 Å². The summed E-state index contributed by atoms with van der Waals surface area (Å²) in [7, 11) is -1.99. The standard InChI is InChI=1S/C21H30O3Si/c1-4-23-20(22)18-5-7-19(8-6-18)25(2,3)24-21-12-15-9-16(13-21)11-17(10-15)14-21/h5-8,15-17H,4,9-14H2,1-3H3. The van der Waals surface area contributed by atoms with E-state index < -0.39 is 8.32 Å². The van der Waals surface area contributed by atoms with E-state index >= 15 is 0 Å². The zero-order valence-electron chi connectivity index (χ0n) is 15.7. The van der Waals surface area contributed by atoms with E-state index in [1.807, 2.05) is 19.1 Å². The highest BCUT2D eigenvalue weighted by atomic mass is 28.4. The van der Waals surface area contributed by atoms with Crippen molar-refractivity contribution < 1.29 is 14.0 Å². The number of carbonyl (C=O) groups excluding carboxylic acids is 1. The summed E-state index contributed by atoms with van der Waals surface area (Å²) in [6.07, 6.45) is 8.15. The highest BCUT2D eigenvalue weighted by Gasteiger charge is 2.53. The molecular weight excluding hydrogens is 328 g/mol. The maximum atomic E-state index is 11.9. The zero-order valence-corrected chi connectivity index (χ0v) is 16.7. The molecule has 136 valence electrons. The fourth-order valence-electron chi connectivity index (χ4n) is 5.98. The van der Waals surface area contributed by atoms with Crippen molar-refractivity contribution in [2.75, 3.05) is 6.61 Å². The molecule has 4 fully saturated rings. The van der Waals surface area contributed by atoms with Crippen LogP contribution in [0.15, 0.2) is 24.3 Å². The lowest BCUT2D eigenvalue weighted by molar-refractivity contribution is -0.111. The molecular formula is C21H30O3Si. The summed E-state index contributed by atoms with van der Waals surface area (Å²) in [5, 5.41) is 1.27. The van der Waals surface area contributed by atoms with Gasteiger partial charge in [-0.25, -0.2) is 4.79 Å². The van der Waals surface area contributed by atoms with Gasteiger partial charge in [-0.1, -0.05) is 12.1 Å². The van der Waals surface area contributed by atoms with E-state index in [4.69, 9.17) is 9.16 Å². The highest BCUT2D eigenvalue weighted by molar-refractivity contribution is 6.84. The van der Waals surface area contributed by atoms with Gasteiger partial charge in [-0.2, -0.15) is 0 Å². The second-order valence-electron chi connectivity index (χ2n) is 9.01. The van der Waals surface area contributed by atoms with Crippen LogP contribution in [0.2, 0.25) is 13.1 Å². The molecule has 0 unspecified atom stereocenters. The first-order chi connectivity index (χ1) is 11.9. The van der Waals surface area contributed by atoms with Crippen LogP contribution >= 0.6 is 0 Å². The minimum absolute atomic E-state index is 0.143. The van der Waals surface area contributed by atoms with E-state index in [0.717, 1.165) is 17.8 Å². The number of esters is 1. The SMILES string of the molecule is CCOC(=O)c1ccc([Si](C)(C)OC23CC4CC(CC(C4)C2)C3)cc1. The number of hydrogen-bond donors (Lipinski definition) is 0. The third-order valence-electron chi connectivity index (χ3n) is 6.54. The van der Waals surface area contributed by atoms with Crippen LogP contribution < -0.4 is 5.19 Å². The van der Waals surface area contributed by atoms with E-state index in [1.54, 1.807) is 0 Å². The Morgan fingerprint density at radius 3 is 2.04 bits per heavy atom. The molecule has 3 nitrogen and oxygen atoms in total. The van der Waals surface area contributed by atoms with Crippen LogP contribution in [0.1, 0.15) is 55.8 Å². The van der Waals surface area contributed by atoms with Crippen LogP contribution in [0.4, 0.5) is 0 Å². The Labute approximate surface area is 152 Å². The summed E-state index contributed by atoms with van der Waals surface area (Å²) in [4.78, 5) is 11.9. The van der Waals surface area contributed by atoms with Gasteiger partial charge in [0, 0.05) is 0 Å². The van der Waals surface area contributed by atoms with E-state index in [9.17, 15) is 4.79 Å². The Kier molecular flexibility index (Phi) is 4.31. The normalized spacial score (nSPS) is 33.5. The van der Waals surface area contributed by atoms with E-state index in [1.165, 1.54) is 43.7 Å². The maximum absolute atomic E-state index is 11.9. The second kappa shape index (κ2) is 6.24. The van der Waals surface area contributed by atoms with Gasteiger partial charge >= 0.3 is 5.97 Å². The zero-order chi connectivity index (χ0) is 17.7. The van der Waals surface area contributed by atoms with Crippen molar-refractivity contribution in [3.63, 3.8) is 0 Å². The summed E-state index contributed by atoms with van der Waals surface area (Å²) >= 11 is 0. The van der Waals surface area contributed by atoms with Gasteiger partial charge in [0.2, 0.25) is 8.32 Å². The second-order valence-corrected chi connectivity index (χ2v) is 12.8. The van der Waals surface area contributed by atoms with Crippen LogP contribution in [-0.2, 0) is 9.16 Å². The fourth-order valence-corrected chi connectivity index (χ4v) is 8.40. The molecule has 0 aromatic heterocycles. The molecule has 5 rings (SSSR count). The van der Waals surface area contributed by atoms with Gasteiger partial charge in [0.25, 0.3) is 0 Å². The third-order valence-corrected chi connectivity index (χ3v) is 9.21. The van der Waals surface area contributed by atoms with Crippen molar-refractivity contribution in [3.05, 3.63) is 29.8 Å².